The van der Waals surface area contributed by atoms with Gasteiger partial charge in [0.15, 0.2) is 11.5 Å². The summed E-state index contributed by atoms with van der Waals surface area (Å²) in [4.78, 5) is 15.3. The summed E-state index contributed by atoms with van der Waals surface area (Å²) in [7, 11) is 4.06. The van der Waals surface area contributed by atoms with Crippen molar-refractivity contribution in [2.24, 2.45) is 0 Å². The molecule has 0 N–H and O–H groups in total. The van der Waals surface area contributed by atoms with Gasteiger partial charge in [0, 0.05) is 31.7 Å². The lowest BCUT2D eigenvalue weighted by Crippen LogP contribution is -2.29. The maximum Gasteiger partial charge on any atom is 0.161 e. The predicted octanol–water partition coefficient (Wildman–Crippen LogP) is 1.17. The maximum absolute atomic E-state index is 11.0. The van der Waals surface area contributed by atoms with Crippen molar-refractivity contribution in [3.63, 3.8) is 0 Å². The highest BCUT2D eigenvalue weighted by Crippen LogP contribution is 2.28. The number of aldehydes is 1. The van der Waals surface area contributed by atoms with E-state index in [1.807, 2.05) is 14.1 Å². The van der Waals surface area contributed by atoms with Crippen LogP contribution in [0.1, 0.15) is 10.4 Å². The monoisotopic (exact) mass is 366 g/mol. The molecule has 0 radical (unpaired) electrons. The molecule has 0 saturated heterocycles. The molecular weight excluding hydrogens is 336 g/mol. The van der Waals surface area contributed by atoms with Gasteiger partial charge in [-0.2, -0.15) is 0 Å². The zero-order chi connectivity index (χ0) is 18.6. The second-order valence-corrected chi connectivity index (χ2v) is 6.35. The van der Waals surface area contributed by atoms with Gasteiger partial charge in [0.1, 0.15) is 19.5 Å². The maximum atomic E-state index is 11.0. The number of ether oxygens (including phenoxy) is 4. The predicted molar refractivity (Wildman–Crippen MR) is 99.5 cm³/mol. The number of nitrogens with zero attached hydrogens (tertiary/aromatic N) is 2. The highest BCUT2D eigenvalue weighted by Gasteiger charge is 2.09. The van der Waals surface area contributed by atoms with E-state index in [0.717, 1.165) is 32.5 Å². The molecule has 26 heavy (non-hydrogen) atoms. The molecule has 1 heterocycles. The Morgan fingerprint density at radius 1 is 0.769 bits per heavy atom. The van der Waals surface area contributed by atoms with Gasteiger partial charge in [0.05, 0.1) is 26.4 Å². The minimum Gasteiger partial charge on any atom is -0.488 e. The Kier molecular flexibility index (Phi) is 9.41. The molecule has 7 heteroatoms. The molecule has 1 aromatic rings. The molecule has 0 unspecified atom stereocenters. The van der Waals surface area contributed by atoms with Gasteiger partial charge in [0.25, 0.3) is 0 Å². The molecule has 146 valence electrons. The first-order valence-corrected chi connectivity index (χ1v) is 9.06. The Bertz CT molecular complexity index is 541. The number of hydrogen-bond acceptors (Lipinski definition) is 7. The summed E-state index contributed by atoms with van der Waals surface area (Å²) in [6.07, 6.45) is 0.812. The molecular formula is C19H30N2O5. The van der Waals surface area contributed by atoms with Gasteiger partial charge in [-0.1, -0.05) is 0 Å². The Balaban J connectivity index is 1.98. The lowest BCUT2D eigenvalue weighted by molar-refractivity contribution is 0.0330. The van der Waals surface area contributed by atoms with E-state index in [4.69, 9.17) is 18.9 Å². The van der Waals surface area contributed by atoms with Gasteiger partial charge in [-0.05, 0) is 32.3 Å². The van der Waals surface area contributed by atoms with E-state index in [9.17, 15) is 4.79 Å². The molecule has 0 fully saturated rings. The lowest BCUT2D eigenvalue weighted by Gasteiger charge is -2.20. The van der Waals surface area contributed by atoms with E-state index in [-0.39, 0.29) is 0 Å². The van der Waals surface area contributed by atoms with Crippen molar-refractivity contribution in [1.82, 2.24) is 9.80 Å². The van der Waals surface area contributed by atoms with Crippen LogP contribution in [0.3, 0.4) is 0 Å². The Labute approximate surface area is 155 Å². The standard InChI is InChI=1S/C19H30N2O5/c1-20-5-9-23-13-14-24-10-6-21(2)8-12-26-19-15-17(16-22)3-4-18(19)25-11-7-20/h3-4,15-16H,5-14H2,1-2H3. The molecule has 1 aliphatic heterocycles. The molecule has 0 spiro atoms. The molecule has 7 nitrogen and oxygen atoms in total. The number of carbonyl (C=O) groups is 1. The van der Waals surface area contributed by atoms with Gasteiger partial charge in [0.2, 0.25) is 0 Å². The number of carbonyl (C=O) groups excluding carboxylic acids is 1. The van der Waals surface area contributed by atoms with E-state index in [2.05, 4.69) is 9.80 Å². The first-order chi connectivity index (χ1) is 12.7. The third-order valence-corrected chi connectivity index (χ3v) is 4.17. The normalized spacial score (nSPS) is 20.1. The fourth-order valence-electron chi connectivity index (χ4n) is 2.44. The van der Waals surface area contributed by atoms with Crippen LogP contribution in [0.2, 0.25) is 0 Å². The highest BCUT2D eigenvalue weighted by molar-refractivity contribution is 5.76. The number of rotatable bonds is 1. The summed E-state index contributed by atoms with van der Waals surface area (Å²) in [6.45, 7) is 6.79. The van der Waals surface area contributed by atoms with Gasteiger partial charge in [-0.25, -0.2) is 0 Å². The van der Waals surface area contributed by atoms with Crippen molar-refractivity contribution < 1.29 is 23.7 Å². The second kappa shape index (κ2) is 11.9. The van der Waals surface area contributed by atoms with Crippen molar-refractivity contribution in [3.05, 3.63) is 23.8 Å². The molecule has 0 saturated carbocycles. The molecule has 0 atom stereocenters. The fraction of sp³-hybridized carbons (Fsp3) is 0.632. The van der Waals surface area contributed by atoms with Crippen molar-refractivity contribution in [3.8, 4) is 11.5 Å². The van der Waals surface area contributed by atoms with Gasteiger partial charge in [-0.15, -0.1) is 0 Å². The molecule has 0 aromatic heterocycles. The van der Waals surface area contributed by atoms with Crippen LogP contribution in [0.4, 0.5) is 0 Å². The Morgan fingerprint density at radius 3 is 1.88 bits per heavy atom. The van der Waals surface area contributed by atoms with Crippen molar-refractivity contribution >= 4 is 6.29 Å². The summed E-state index contributed by atoms with van der Waals surface area (Å²) in [5, 5.41) is 0. The van der Waals surface area contributed by atoms with Crippen molar-refractivity contribution in [2.75, 3.05) is 79.9 Å². The van der Waals surface area contributed by atoms with Crippen LogP contribution in [-0.2, 0) is 9.47 Å². The summed E-state index contributed by atoms with van der Waals surface area (Å²) >= 11 is 0. The van der Waals surface area contributed by atoms with E-state index in [1.54, 1.807) is 18.2 Å². The average molecular weight is 366 g/mol. The van der Waals surface area contributed by atoms with E-state index in [0.29, 0.717) is 56.7 Å². The summed E-state index contributed by atoms with van der Waals surface area (Å²) in [5.74, 6) is 1.26. The summed E-state index contributed by atoms with van der Waals surface area (Å²) in [5.41, 5.74) is 0.575. The Morgan fingerprint density at radius 2 is 1.31 bits per heavy atom. The summed E-state index contributed by atoms with van der Waals surface area (Å²) < 4.78 is 22.9. The second-order valence-electron chi connectivity index (χ2n) is 6.35. The topological polar surface area (TPSA) is 60.5 Å². The van der Waals surface area contributed by atoms with Gasteiger partial charge in [-0.3, -0.25) is 4.79 Å². The first-order valence-electron chi connectivity index (χ1n) is 9.06. The minimum atomic E-state index is 0.512. The molecule has 1 aromatic carbocycles. The van der Waals surface area contributed by atoms with E-state index < -0.39 is 0 Å². The third kappa shape index (κ3) is 7.70. The minimum absolute atomic E-state index is 0.512. The third-order valence-electron chi connectivity index (χ3n) is 4.17. The number of benzene rings is 1. The van der Waals surface area contributed by atoms with Crippen molar-refractivity contribution in [1.29, 1.82) is 0 Å². The number of hydrogen-bond donors (Lipinski definition) is 0. The quantitative estimate of drug-likeness (QED) is 0.692. The molecule has 0 amide bonds. The van der Waals surface area contributed by atoms with Gasteiger partial charge >= 0.3 is 0 Å². The molecule has 1 aliphatic rings. The smallest absolute Gasteiger partial charge is 0.161 e. The van der Waals surface area contributed by atoms with E-state index in [1.165, 1.54) is 0 Å². The average Bonchev–Trinajstić information content (AvgIpc) is 2.64. The van der Waals surface area contributed by atoms with Crippen LogP contribution >= 0.6 is 0 Å². The summed E-state index contributed by atoms with van der Waals surface area (Å²) in [6, 6.07) is 5.25. The molecule has 2 rings (SSSR count). The lowest BCUT2D eigenvalue weighted by atomic mass is 10.2. The molecule has 0 bridgehead atoms. The SMILES string of the molecule is CN1CCOCCOCCN(C)CCOc2cc(C=O)ccc2OCC1. The van der Waals surface area contributed by atoms with Crippen LogP contribution in [0, 0.1) is 0 Å². The van der Waals surface area contributed by atoms with Crippen LogP contribution < -0.4 is 9.47 Å². The van der Waals surface area contributed by atoms with Gasteiger partial charge < -0.3 is 28.7 Å². The fourth-order valence-corrected chi connectivity index (χ4v) is 2.44. The molecule has 0 aliphatic carbocycles. The highest BCUT2D eigenvalue weighted by atomic mass is 16.5. The van der Waals surface area contributed by atoms with Crippen LogP contribution in [-0.4, -0.2) is 96.0 Å². The zero-order valence-electron chi connectivity index (χ0n) is 15.8. The number of fused-ring (bicyclic) bond motifs is 1. The van der Waals surface area contributed by atoms with Crippen LogP contribution in [0.15, 0.2) is 18.2 Å². The number of likely N-dealkylation sites (N-methyl/N-ethyl adjacent to an activating group) is 2. The zero-order valence-corrected chi connectivity index (χ0v) is 15.8. The first kappa shape index (κ1) is 20.6. The van der Waals surface area contributed by atoms with Crippen LogP contribution in [0.25, 0.3) is 0 Å². The van der Waals surface area contributed by atoms with E-state index >= 15 is 0 Å². The Hall–Kier alpha value is -1.67. The van der Waals surface area contributed by atoms with Crippen LogP contribution in [0.5, 0.6) is 11.5 Å². The van der Waals surface area contributed by atoms with Crippen molar-refractivity contribution in [2.45, 2.75) is 0 Å². The largest absolute Gasteiger partial charge is 0.488 e.